The predicted octanol–water partition coefficient (Wildman–Crippen LogP) is 5.91. The van der Waals surface area contributed by atoms with Crippen LogP contribution in [0.25, 0.3) is 0 Å². The number of amides is 1. The molecule has 2 aliphatic rings. The van der Waals surface area contributed by atoms with Gasteiger partial charge in [0.2, 0.25) is 10.0 Å². The van der Waals surface area contributed by atoms with Crippen molar-refractivity contribution in [3.8, 4) is 5.75 Å². The molecule has 1 saturated heterocycles. The van der Waals surface area contributed by atoms with Gasteiger partial charge in [-0.05, 0) is 87.6 Å². The van der Waals surface area contributed by atoms with Gasteiger partial charge in [0.1, 0.15) is 23.3 Å². The summed E-state index contributed by atoms with van der Waals surface area (Å²) in [5, 5.41) is 0. The van der Waals surface area contributed by atoms with Crippen LogP contribution in [0.4, 0.5) is 22.4 Å². The monoisotopic (exact) mass is 629 g/mol. The summed E-state index contributed by atoms with van der Waals surface area (Å²) in [5.41, 5.74) is 3.76. The number of nitrogens with one attached hydrogen (secondary N) is 1. The molecule has 1 atom stereocenters. The van der Waals surface area contributed by atoms with Crippen LogP contribution in [0.1, 0.15) is 51.7 Å². The summed E-state index contributed by atoms with van der Waals surface area (Å²) < 4.78 is 87.5. The molecule has 1 amide bonds. The smallest absolute Gasteiger partial charge is 0.444 e. The van der Waals surface area contributed by atoms with Gasteiger partial charge in [0.25, 0.3) is 0 Å². The second-order valence-corrected chi connectivity index (χ2v) is 13.3. The molecule has 0 radical (unpaired) electrons. The SMILES string of the molecule is CC(C)(C)OC(=O)N1CCC(C(ONC2=CCN(S(=O)(=O)c3ccc(OC(F)(F)F)cc3)CC2)c2ccc(F)cc2)CC1. The molecule has 2 aliphatic heterocycles. The van der Waals surface area contributed by atoms with E-state index in [4.69, 9.17) is 9.57 Å². The van der Waals surface area contributed by atoms with Crippen LogP contribution in [-0.2, 0) is 19.6 Å². The van der Waals surface area contributed by atoms with Gasteiger partial charge in [-0.1, -0.05) is 12.1 Å². The van der Waals surface area contributed by atoms with Gasteiger partial charge in [-0.2, -0.15) is 4.31 Å². The Morgan fingerprint density at radius 1 is 0.977 bits per heavy atom. The standard InChI is InChI=1S/C29H35F4N3O6S/c1-28(2,3)41-27(37)35-16-12-21(13-17-35)26(20-4-6-22(30)7-5-20)42-34-23-14-18-36(19-15-23)43(38,39)25-10-8-24(9-11-25)40-29(31,32)33/h4-11,14,21,26,34H,12-13,15-19H2,1-3H3. The van der Waals surface area contributed by atoms with Crippen molar-refractivity contribution < 1.29 is 45.1 Å². The molecule has 9 nitrogen and oxygen atoms in total. The third kappa shape index (κ3) is 9.07. The normalized spacial score (nSPS) is 18.1. The fourth-order valence-electron chi connectivity index (χ4n) is 4.86. The highest BCUT2D eigenvalue weighted by atomic mass is 32.2. The lowest BCUT2D eigenvalue weighted by atomic mass is 9.87. The van der Waals surface area contributed by atoms with E-state index in [9.17, 15) is 30.8 Å². The van der Waals surface area contributed by atoms with Gasteiger partial charge in [0, 0.05) is 38.3 Å². The molecule has 1 fully saturated rings. The quantitative estimate of drug-likeness (QED) is 0.286. The van der Waals surface area contributed by atoms with Gasteiger partial charge in [0.05, 0.1) is 4.90 Å². The molecule has 2 aromatic carbocycles. The first-order valence-corrected chi connectivity index (χ1v) is 15.2. The van der Waals surface area contributed by atoms with E-state index in [-0.39, 0.29) is 35.8 Å². The Balaban J connectivity index is 1.38. The maximum atomic E-state index is 13.7. The molecule has 0 aliphatic carbocycles. The molecule has 43 heavy (non-hydrogen) atoms. The lowest BCUT2D eigenvalue weighted by molar-refractivity contribution is -0.274. The lowest BCUT2D eigenvalue weighted by Crippen LogP contribution is -2.43. The lowest BCUT2D eigenvalue weighted by Gasteiger charge is -2.37. The van der Waals surface area contributed by atoms with E-state index < -0.39 is 33.8 Å². The molecular formula is C29H35F4N3O6S. The van der Waals surface area contributed by atoms with E-state index in [1.807, 2.05) is 20.8 Å². The van der Waals surface area contributed by atoms with Crippen molar-refractivity contribution in [2.45, 2.75) is 63.0 Å². The van der Waals surface area contributed by atoms with Crippen LogP contribution in [0.15, 0.2) is 65.2 Å². The number of likely N-dealkylation sites (tertiary alicyclic amines) is 1. The van der Waals surface area contributed by atoms with Crippen LogP contribution in [0, 0.1) is 11.7 Å². The number of carbonyl (C=O) groups is 1. The molecule has 2 aromatic rings. The zero-order valence-corrected chi connectivity index (χ0v) is 24.9. The second-order valence-electron chi connectivity index (χ2n) is 11.4. The minimum atomic E-state index is -4.88. The number of halogens is 4. The Kier molecular flexibility index (Phi) is 9.92. The molecular weight excluding hydrogens is 594 g/mol. The molecule has 0 bridgehead atoms. The molecule has 2 heterocycles. The molecule has 4 rings (SSSR count). The summed E-state index contributed by atoms with van der Waals surface area (Å²) in [4.78, 5) is 20.1. The Bertz CT molecular complexity index is 1390. The van der Waals surface area contributed by atoms with E-state index in [1.54, 1.807) is 23.1 Å². The molecule has 0 aromatic heterocycles. The Hall–Kier alpha value is -3.36. The van der Waals surface area contributed by atoms with Crippen LogP contribution < -0.4 is 10.2 Å². The molecule has 0 spiro atoms. The molecule has 14 heteroatoms. The van der Waals surface area contributed by atoms with E-state index in [0.29, 0.717) is 38.0 Å². The fraction of sp³-hybridized carbons (Fsp3) is 0.483. The number of hydroxylamine groups is 1. The number of hydrogen-bond acceptors (Lipinski definition) is 7. The number of carbonyl (C=O) groups excluding carboxylic acids is 1. The molecule has 0 saturated carbocycles. The van der Waals surface area contributed by atoms with Crippen LogP contribution in [0.2, 0.25) is 0 Å². The van der Waals surface area contributed by atoms with Gasteiger partial charge >= 0.3 is 12.5 Å². The highest BCUT2D eigenvalue weighted by Gasteiger charge is 2.34. The summed E-state index contributed by atoms with van der Waals surface area (Å²) >= 11 is 0. The maximum absolute atomic E-state index is 13.7. The zero-order valence-electron chi connectivity index (χ0n) is 24.1. The van der Waals surface area contributed by atoms with Crippen molar-refractivity contribution in [1.82, 2.24) is 14.7 Å². The van der Waals surface area contributed by atoms with Crippen LogP contribution in [-0.4, -0.2) is 61.9 Å². The summed E-state index contributed by atoms with van der Waals surface area (Å²) in [6.07, 6.45) is -2.52. The number of piperidine rings is 1. The Morgan fingerprint density at radius 3 is 2.14 bits per heavy atom. The van der Waals surface area contributed by atoms with Gasteiger partial charge in [0.15, 0.2) is 0 Å². The Labute approximate surface area is 248 Å². The van der Waals surface area contributed by atoms with Crippen molar-refractivity contribution in [1.29, 1.82) is 0 Å². The number of sulfonamides is 1. The first-order valence-electron chi connectivity index (χ1n) is 13.8. The number of ether oxygens (including phenoxy) is 2. The van der Waals surface area contributed by atoms with Gasteiger partial charge < -0.3 is 14.4 Å². The number of benzene rings is 2. The van der Waals surface area contributed by atoms with E-state index in [2.05, 4.69) is 10.2 Å². The number of alkyl halides is 3. The first kappa shape index (κ1) is 32.6. The van der Waals surface area contributed by atoms with Crippen molar-refractivity contribution in [3.63, 3.8) is 0 Å². The summed E-state index contributed by atoms with van der Waals surface area (Å²) in [5.74, 6) is -0.893. The van der Waals surface area contributed by atoms with Gasteiger partial charge in [-0.25, -0.2) is 17.6 Å². The average Bonchev–Trinajstić information content (AvgIpc) is 2.93. The van der Waals surface area contributed by atoms with Crippen LogP contribution >= 0.6 is 0 Å². The van der Waals surface area contributed by atoms with Gasteiger partial charge in [-0.15, -0.1) is 13.2 Å². The number of hydrogen-bond donors (Lipinski definition) is 1. The average molecular weight is 630 g/mol. The third-order valence-electron chi connectivity index (χ3n) is 7.00. The number of nitrogens with zero attached hydrogens (tertiary/aromatic N) is 2. The third-order valence-corrected chi connectivity index (χ3v) is 8.88. The summed E-state index contributed by atoms with van der Waals surface area (Å²) in [7, 11) is -3.96. The predicted molar refractivity (Wildman–Crippen MR) is 148 cm³/mol. The van der Waals surface area contributed by atoms with E-state index >= 15 is 0 Å². The van der Waals surface area contributed by atoms with E-state index in [1.165, 1.54) is 16.4 Å². The largest absolute Gasteiger partial charge is 0.573 e. The first-order chi connectivity index (χ1) is 20.1. The molecule has 1 unspecified atom stereocenters. The maximum Gasteiger partial charge on any atom is 0.573 e. The Morgan fingerprint density at radius 2 is 1.60 bits per heavy atom. The second kappa shape index (κ2) is 13.1. The zero-order chi connectivity index (χ0) is 31.4. The highest BCUT2D eigenvalue weighted by molar-refractivity contribution is 7.89. The van der Waals surface area contributed by atoms with Crippen LogP contribution in [0.5, 0.6) is 5.75 Å². The fourth-order valence-corrected chi connectivity index (χ4v) is 6.24. The van der Waals surface area contributed by atoms with Crippen LogP contribution in [0.3, 0.4) is 0 Å². The van der Waals surface area contributed by atoms with Crippen molar-refractivity contribution >= 4 is 16.1 Å². The highest BCUT2D eigenvalue weighted by Crippen LogP contribution is 2.34. The minimum absolute atomic E-state index is 0.00186. The van der Waals surface area contributed by atoms with Crippen molar-refractivity contribution in [2.75, 3.05) is 26.2 Å². The van der Waals surface area contributed by atoms with Gasteiger partial charge in [-0.3, -0.25) is 10.3 Å². The molecule has 236 valence electrons. The summed E-state index contributed by atoms with van der Waals surface area (Å²) in [6.45, 7) is 6.50. The van der Waals surface area contributed by atoms with Crippen molar-refractivity contribution in [2.24, 2.45) is 5.92 Å². The minimum Gasteiger partial charge on any atom is -0.444 e. The topological polar surface area (TPSA) is 97.4 Å². The van der Waals surface area contributed by atoms with Crippen molar-refractivity contribution in [3.05, 3.63) is 71.7 Å². The van der Waals surface area contributed by atoms with E-state index in [0.717, 1.165) is 29.8 Å². The number of rotatable bonds is 8. The summed E-state index contributed by atoms with van der Waals surface area (Å²) in [6, 6.07) is 10.0. The molecule has 1 N–H and O–H groups in total.